The van der Waals surface area contributed by atoms with E-state index in [1.54, 1.807) is 23.4 Å². The SMILES string of the molecule is O=C(c1coc2ccccc12)N1CCC(C(=O)O)(n2cccn2)CC1. The molecule has 4 rings (SSSR count). The van der Waals surface area contributed by atoms with Gasteiger partial charge < -0.3 is 14.4 Å². The van der Waals surface area contributed by atoms with Crippen LogP contribution >= 0.6 is 0 Å². The van der Waals surface area contributed by atoms with Gasteiger partial charge in [0.25, 0.3) is 5.91 Å². The highest BCUT2D eigenvalue weighted by molar-refractivity contribution is 6.06. The van der Waals surface area contributed by atoms with Crippen LogP contribution in [0.25, 0.3) is 11.0 Å². The number of rotatable bonds is 3. The van der Waals surface area contributed by atoms with Crippen molar-refractivity contribution in [2.75, 3.05) is 13.1 Å². The summed E-state index contributed by atoms with van der Waals surface area (Å²) in [5.41, 5.74) is 0.0791. The lowest BCUT2D eigenvalue weighted by Gasteiger charge is -2.38. The maximum absolute atomic E-state index is 12.8. The number of likely N-dealkylation sites (tertiary alicyclic amines) is 1. The molecule has 0 unspecified atom stereocenters. The number of carbonyl (C=O) groups is 2. The summed E-state index contributed by atoms with van der Waals surface area (Å²) in [7, 11) is 0. The summed E-state index contributed by atoms with van der Waals surface area (Å²) in [6, 6.07) is 9.08. The predicted molar refractivity (Wildman–Crippen MR) is 89.2 cm³/mol. The van der Waals surface area contributed by atoms with Crippen LogP contribution in [-0.4, -0.2) is 44.8 Å². The Morgan fingerprint density at radius 1 is 1.16 bits per heavy atom. The van der Waals surface area contributed by atoms with Gasteiger partial charge in [-0.05, 0) is 12.1 Å². The summed E-state index contributed by atoms with van der Waals surface area (Å²) < 4.78 is 6.93. The van der Waals surface area contributed by atoms with E-state index >= 15 is 0 Å². The number of hydrogen-bond donors (Lipinski definition) is 1. The summed E-state index contributed by atoms with van der Waals surface area (Å²) in [6.45, 7) is 0.703. The molecule has 1 aliphatic heterocycles. The van der Waals surface area contributed by atoms with Gasteiger partial charge in [0.15, 0.2) is 5.54 Å². The molecular weight excluding hydrogens is 322 g/mol. The zero-order chi connectivity index (χ0) is 17.4. The molecule has 3 aromatic rings. The highest BCUT2D eigenvalue weighted by Gasteiger charge is 2.45. The molecule has 0 radical (unpaired) electrons. The average Bonchev–Trinajstić information content (AvgIpc) is 3.31. The number of carboxylic acids is 1. The van der Waals surface area contributed by atoms with Crippen LogP contribution < -0.4 is 0 Å². The van der Waals surface area contributed by atoms with Crippen molar-refractivity contribution in [3.8, 4) is 0 Å². The van der Waals surface area contributed by atoms with Crippen LogP contribution in [0.5, 0.6) is 0 Å². The molecule has 1 aliphatic rings. The minimum Gasteiger partial charge on any atom is -0.479 e. The topological polar surface area (TPSA) is 88.6 Å². The second-order valence-electron chi connectivity index (χ2n) is 6.23. The zero-order valence-electron chi connectivity index (χ0n) is 13.5. The third-order valence-electron chi connectivity index (χ3n) is 4.93. The second kappa shape index (κ2) is 5.77. The molecule has 0 bridgehead atoms. The molecule has 0 spiro atoms. The van der Waals surface area contributed by atoms with Crippen molar-refractivity contribution in [1.82, 2.24) is 14.7 Å². The fourth-order valence-corrected chi connectivity index (χ4v) is 3.46. The summed E-state index contributed by atoms with van der Waals surface area (Å²) in [5.74, 6) is -1.05. The minimum atomic E-state index is -1.10. The van der Waals surface area contributed by atoms with Crippen molar-refractivity contribution < 1.29 is 19.1 Å². The summed E-state index contributed by atoms with van der Waals surface area (Å²) in [5, 5.41) is 14.6. The molecule has 7 nitrogen and oxygen atoms in total. The first-order valence-electron chi connectivity index (χ1n) is 8.11. The summed E-state index contributed by atoms with van der Waals surface area (Å²) in [4.78, 5) is 26.4. The van der Waals surface area contributed by atoms with E-state index in [4.69, 9.17) is 4.42 Å². The smallest absolute Gasteiger partial charge is 0.331 e. The Hall–Kier alpha value is -3.09. The molecular formula is C18H17N3O4. The Kier molecular flexibility index (Phi) is 3.56. The largest absolute Gasteiger partial charge is 0.479 e. The van der Waals surface area contributed by atoms with Gasteiger partial charge in [0.2, 0.25) is 0 Å². The molecule has 25 heavy (non-hydrogen) atoms. The number of hydrogen-bond acceptors (Lipinski definition) is 4. The number of para-hydroxylation sites is 1. The highest BCUT2D eigenvalue weighted by atomic mass is 16.4. The van der Waals surface area contributed by atoms with Crippen molar-refractivity contribution in [3.05, 3.63) is 54.6 Å². The lowest BCUT2D eigenvalue weighted by atomic mass is 9.87. The van der Waals surface area contributed by atoms with Gasteiger partial charge >= 0.3 is 5.97 Å². The molecule has 1 saturated heterocycles. The quantitative estimate of drug-likeness (QED) is 0.791. The Labute approximate surface area is 143 Å². The van der Waals surface area contributed by atoms with Crippen molar-refractivity contribution >= 4 is 22.8 Å². The maximum atomic E-state index is 12.8. The van der Waals surface area contributed by atoms with Crippen molar-refractivity contribution in [1.29, 1.82) is 0 Å². The fourth-order valence-electron chi connectivity index (χ4n) is 3.46. The van der Waals surface area contributed by atoms with E-state index in [2.05, 4.69) is 5.10 Å². The molecule has 1 fully saturated rings. The molecule has 1 N–H and O–H groups in total. The number of furan rings is 1. The lowest BCUT2D eigenvalue weighted by Crippen LogP contribution is -2.52. The van der Waals surface area contributed by atoms with E-state index < -0.39 is 11.5 Å². The molecule has 0 saturated carbocycles. The molecule has 0 atom stereocenters. The number of carbonyl (C=O) groups excluding carboxylic acids is 1. The van der Waals surface area contributed by atoms with Gasteiger partial charge in [-0.1, -0.05) is 18.2 Å². The molecule has 2 aromatic heterocycles. The monoisotopic (exact) mass is 339 g/mol. The average molecular weight is 339 g/mol. The third-order valence-corrected chi connectivity index (χ3v) is 4.93. The number of piperidine rings is 1. The number of nitrogens with zero attached hydrogens (tertiary/aromatic N) is 3. The Morgan fingerprint density at radius 3 is 2.60 bits per heavy atom. The third kappa shape index (κ3) is 2.39. The van der Waals surface area contributed by atoms with Crippen LogP contribution in [0.1, 0.15) is 23.2 Å². The Balaban J connectivity index is 1.57. The van der Waals surface area contributed by atoms with E-state index in [1.165, 1.54) is 10.9 Å². The number of amides is 1. The Morgan fingerprint density at radius 2 is 1.92 bits per heavy atom. The molecule has 128 valence electrons. The van der Waals surface area contributed by atoms with Gasteiger partial charge in [-0.15, -0.1) is 0 Å². The number of benzene rings is 1. The summed E-state index contributed by atoms with van der Waals surface area (Å²) in [6.07, 6.45) is 5.33. The standard InChI is InChI=1S/C18H17N3O4/c22-16(14-12-25-15-5-2-1-4-13(14)15)20-10-6-18(7-11-20,17(23)24)21-9-3-8-19-21/h1-5,8-9,12H,6-7,10-11H2,(H,23,24). The van der Waals surface area contributed by atoms with Gasteiger partial charge in [-0.2, -0.15) is 5.10 Å². The highest BCUT2D eigenvalue weighted by Crippen LogP contribution is 2.31. The van der Waals surface area contributed by atoms with Crippen molar-refractivity contribution in [3.63, 3.8) is 0 Å². The van der Waals surface area contributed by atoms with Crippen molar-refractivity contribution in [2.45, 2.75) is 18.4 Å². The summed E-state index contributed by atoms with van der Waals surface area (Å²) >= 11 is 0. The van der Waals surface area contributed by atoms with Crippen LogP contribution in [0.2, 0.25) is 0 Å². The number of fused-ring (bicyclic) bond motifs is 1. The second-order valence-corrected chi connectivity index (χ2v) is 6.23. The van der Waals surface area contributed by atoms with Crippen LogP contribution in [0, 0.1) is 0 Å². The van der Waals surface area contributed by atoms with Crippen LogP contribution in [-0.2, 0) is 10.3 Å². The van der Waals surface area contributed by atoms with E-state index in [0.29, 0.717) is 37.1 Å². The first-order chi connectivity index (χ1) is 12.1. The van der Waals surface area contributed by atoms with Gasteiger partial charge in [0, 0.05) is 43.7 Å². The fraction of sp³-hybridized carbons (Fsp3) is 0.278. The number of aromatic nitrogens is 2. The van der Waals surface area contributed by atoms with Crippen LogP contribution in [0.3, 0.4) is 0 Å². The van der Waals surface area contributed by atoms with Gasteiger partial charge in [0.1, 0.15) is 11.8 Å². The van der Waals surface area contributed by atoms with E-state index in [9.17, 15) is 14.7 Å². The maximum Gasteiger partial charge on any atom is 0.331 e. The zero-order valence-corrected chi connectivity index (χ0v) is 13.5. The molecule has 1 amide bonds. The normalized spacial score (nSPS) is 16.9. The van der Waals surface area contributed by atoms with E-state index in [1.807, 2.05) is 24.3 Å². The lowest BCUT2D eigenvalue weighted by molar-refractivity contribution is -0.150. The van der Waals surface area contributed by atoms with E-state index in [0.717, 1.165) is 5.39 Å². The molecule has 7 heteroatoms. The first kappa shape index (κ1) is 15.4. The van der Waals surface area contributed by atoms with Crippen molar-refractivity contribution in [2.24, 2.45) is 0 Å². The molecule has 0 aliphatic carbocycles. The van der Waals surface area contributed by atoms with Crippen LogP contribution in [0.4, 0.5) is 0 Å². The molecule has 1 aromatic carbocycles. The predicted octanol–water partition coefficient (Wildman–Crippen LogP) is 2.35. The minimum absolute atomic E-state index is 0.135. The van der Waals surface area contributed by atoms with Gasteiger partial charge in [-0.25, -0.2) is 4.79 Å². The molecule has 3 heterocycles. The first-order valence-corrected chi connectivity index (χ1v) is 8.11. The van der Waals surface area contributed by atoms with Crippen LogP contribution in [0.15, 0.2) is 53.4 Å². The van der Waals surface area contributed by atoms with Gasteiger partial charge in [-0.3, -0.25) is 9.48 Å². The van der Waals surface area contributed by atoms with Gasteiger partial charge in [0.05, 0.1) is 5.56 Å². The number of carboxylic acid groups (broad SMARTS) is 1. The van der Waals surface area contributed by atoms with E-state index in [-0.39, 0.29) is 5.91 Å². The number of aliphatic carboxylic acids is 1. The Bertz CT molecular complexity index is 921.